The summed E-state index contributed by atoms with van der Waals surface area (Å²) in [4.78, 5) is 0. The molecule has 0 amide bonds. The van der Waals surface area contributed by atoms with Gasteiger partial charge in [-0.1, -0.05) is 6.07 Å². The van der Waals surface area contributed by atoms with Gasteiger partial charge in [0, 0.05) is 5.01 Å². The second kappa shape index (κ2) is 3.35. The first kappa shape index (κ1) is 9.39. The lowest BCUT2D eigenvalue weighted by atomic mass is 10.1. The maximum atomic E-state index is 12.1. The molecule has 5 heteroatoms. The molecule has 2 nitrogen and oxygen atoms in total. The molecule has 0 aromatic heterocycles. The normalized spacial score (nSPS) is 10.4. The van der Waals surface area contributed by atoms with Gasteiger partial charge in [-0.3, -0.25) is 0 Å². The molecule has 0 aliphatic rings. The summed E-state index contributed by atoms with van der Waals surface area (Å²) in [6.45, 7) is 0. The molecule has 0 fully saturated rings. The number of alkyl halides is 3. The molecule has 0 unspecified atom stereocenters. The summed E-state index contributed by atoms with van der Waals surface area (Å²) in [6.07, 6.45) is -4.40. The third-order valence-electron chi connectivity index (χ3n) is 1.36. The van der Waals surface area contributed by atoms with Crippen LogP contribution in [-0.2, 0) is 6.18 Å². The number of nitrogens with zero attached hydrogens (tertiary/aromatic N) is 1. The largest absolute Gasteiger partial charge is 0.498 e. The third kappa shape index (κ3) is 2.37. The number of hydrogen-bond acceptors (Lipinski definition) is 1. The van der Waals surface area contributed by atoms with Gasteiger partial charge in [-0.25, -0.2) is 0 Å². The highest BCUT2D eigenvalue weighted by Gasteiger charge is 2.30. The van der Waals surface area contributed by atoms with Crippen LogP contribution in [0.15, 0.2) is 24.3 Å². The minimum atomic E-state index is -4.40. The molecule has 0 N–H and O–H groups in total. The topological polar surface area (TPSA) is 27.4 Å². The van der Waals surface area contributed by atoms with Crippen LogP contribution in [0.1, 0.15) is 11.1 Å². The van der Waals surface area contributed by atoms with Crippen LogP contribution in [0.2, 0.25) is 0 Å². The molecule has 0 bridgehead atoms. The van der Waals surface area contributed by atoms with Gasteiger partial charge in [0.2, 0.25) is 0 Å². The van der Waals surface area contributed by atoms with E-state index in [0.717, 1.165) is 12.1 Å². The Labute approximate surface area is 72.0 Å². The lowest BCUT2D eigenvalue weighted by Gasteiger charge is -2.04. The van der Waals surface area contributed by atoms with Gasteiger partial charge in [0.05, 0.1) is 5.56 Å². The van der Waals surface area contributed by atoms with Crippen LogP contribution in [0.3, 0.4) is 0 Å². The SMILES string of the molecule is [O-][N+]#Cc1cccc(C(F)(F)F)c1. The number of hydrogen-bond donors (Lipinski definition) is 0. The monoisotopic (exact) mass is 187 g/mol. The number of benzene rings is 1. The van der Waals surface area contributed by atoms with E-state index in [1.165, 1.54) is 12.1 Å². The van der Waals surface area contributed by atoms with Crippen molar-refractivity contribution >= 4 is 0 Å². The van der Waals surface area contributed by atoms with E-state index in [-0.39, 0.29) is 5.56 Å². The Morgan fingerprint density at radius 1 is 1.31 bits per heavy atom. The Morgan fingerprint density at radius 2 is 2.00 bits per heavy atom. The van der Waals surface area contributed by atoms with Gasteiger partial charge >= 0.3 is 12.2 Å². The Morgan fingerprint density at radius 3 is 2.54 bits per heavy atom. The minimum Gasteiger partial charge on any atom is -0.498 e. The molecule has 0 heterocycles. The second-order valence-corrected chi connectivity index (χ2v) is 2.28. The average Bonchev–Trinajstić information content (AvgIpc) is 2.04. The summed E-state index contributed by atoms with van der Waals surface area (Å²) in [5, 5.41) is 12.0. The summed E-state index contributed by atoms with van der Waals surface area (Å²) in [7, 11) is 0. The quantitative estimate of drug-likeness (QED) is 0.573. The van der Waals surface area contributed by atoms with Crippen molar-refractivity contribution in [3.05, 3.63) is 45.6 Å². The van der Waals surface area contributed by atoms with E-state index in [4.69, 9.17) is 0 Å². The molecule has 0 saturated carbocycles. The molecule has 0 aliphatic heterocycles. The van der Waals surface area contributed by atoms with Crippen LogP contribution < -0.4 is 0 Å². The number of rotatable bonds is 0. The standard InChI is InChI=1S/C8H4F3NO/c9-8(10,11)7-3-1-2-6(4-7)5-12-13/h1-4H. The van der Waals surface area contributed by atoms with Crippen LogP contribution in [0.4, 0.5) is 13.2 Å². The van der Waals surface area contributed by atoms with Crippen molar-refractivity contribution in [2.24, 2.45) is 0 Å². The molecular weight excluding hydrogens is 183 g/mol. The first-order valence-electron chi connectivity index (χ1n) is 3.29. The van der Waals surface area contributed by atoms with Gasteiger partial charge in [-0.05, 0) is 18.2 Å². The third-order valence-corrected chi connectivity index (χ3v) is 1.36. The van der Waals surface area contributed by atoms with E-state index in [1.54, 1.807) is 0 Å². The fraction of sp³-hybridized carbons (Fsp3) is 0.125. The van der Waals surface area contributed by atoms with Crippen molar-refractivity contribution in [2.75, 3.05) is 0 Å². The molecule has 0 spiro atoms. The first-order valence-corrected chi connectivity index (χ1v) is 3.29. The van der Waals surface area contributed by atoms with E-state index < -0.39 is 11.7 Å². The van der Waals surface area contributed by atoms with Crippen molar-refractivity contribution in [3.8, 4) is 6.07 Å². The molecule has 1 aromatic carbocycles. The summed E-state index contributed by atoms with van der Waals surface area (Å²) in [5.41, 5.74) is -0.800. The first-order chi connectivity index (χ1) is 6.04. The van der Waals surface area contributed by atoms with Crippen molar-refractivity contribution in [2.45, 2.75) is 6.18 Å². The van der Waals surface area contributed by atoms with E-state index in [0.29, 0.717) is 0 Å². The Kier molecular flexibility index (Phi) is 2.42. The molecule has 1 aromatic rings. The molecular formula is C8H4F3NO. The number of halogens is 3. The lowest BCUT2D eigenvalue weighted by molar-refractivity contribution is -0.137. The van der Waals surface area contributed by atoms with Gasteiger partial charge in [0.1, 0.15) is 5.56 Å². The van der Waals surface area contributed by atoms with Crippen molar-refractivity contribution in [1.29, 1.82) is 0 Å². The Balaban J connectivity index is 3.10. The molecule has 0 atom stereocenters. The molecule has 13 heavy (non-hydrogen) atoms. The lowest BCUT2D eigenvalue weighted by Crippen LogP contribution is -2.04. The van der Waals surface area contributed by atoms with Crippen molar-refractivity contribution in [1.82, 2.24) is 0 Å². The fourth-order valence-corrected chi connectivity index (χ4v) is 0.818. The molecule has 68 valence electrons. The second-order valence-electron chi connectivity index (χ2n) is 2.28. The van der Waals surface area contributed by atoms with E-state index in [1.807, 2.05) is 6.07 Å². The van der Waals surface area contributed by atoms with Crippen LogP contribution >= 0.6 is 0 Å². The summed E-state index contributed by atoms with van der Waals surface area (Å²) in [6, 6.07) is 6.12. The van der Waals surface area contributed by atoms with Gasteiger partial charge < -0.3 is 5.21 Å². The zero-order chi connectivity index (χ0) is 9.90. The smallest absolute Gasteiger partial charge is 0.416 e. The van der Waals surface area contributed by atoms with E-state index in [9.17, 15) is 18.4 Å². The molecule has 0 aliphatic carbocycles. The summed E-state index contributed by atoms with van der Waals surface area (Å²) < 4.78 is 36.2. The van der Waals surface area contributed by atoms with Crippen LogP contribution in [0.5, 0.6) is 0 Å². The van der Waals surface area contributed by atoms with Crippen LogP contribution in [0, 0.1) is 11.3 Å². The fourth-order valence-electron chi connectivity index (χ4n) is 0.818. The van der Waals surface area contributed by atoms with Crippen LogP contribution in [0.25, 0.3) is 5.01 Å². The van der Waals surface area contributed by atoms with Gasteiger partial charge in [0.25, 0.3) is 0 Å². The molecule has 0 saturated heterocycles. The van der Waals surface area contributed by atoms with Crippen LogP contribution in [-0.4, -0.2) is 0 Å². The van der Waals surface area contributed by atoms with E-state index >= 15 is 0 Å². The minimum absolute atomic E-state index is 0.0184. The zero-order valence-electron chi connectivity index (χ0n) is 6.30. The van der Waals surface area contributed by atoms with Crippen molar-refractivity contribution < 1.29 is 13.2 Å². The Hall–Kier alpha value is -1.70. The molecule has 0 radical (unpaired) electrons. The van der Waals surface area contributed by atoms with Gasteiger partial charge in [0.15, 0.2) is 0 Å². The summed E-state index contributed by atoms with van der Waals surface area (Å²) in [5.74, 6) is 0. The highest BCUT2D eigenvalue weighted by atomic mass is 19.4. The predicted molar refractivity (Wildman–Crippen MR) is 41.2 cm³/mol. The average molecular weight is 187 g/mol. The maximum Gasteiger partial charge on any atom is 0.416 e. The highest BCUT2D eigenvalue weighted by molar-refractivity contribution is 5.36. The Bertz CT molecular complexity index is 362. The maximum absolute atomic E-state index is 12.1. The van der Waals surface area contributed by atoms with E-state index in [2.05, 4.69) is 5.01 Å². The molecule has 1 rings (SSSR count). The predicted octanol–water partition coefficient (Wildman–Crippen LogP) is 2.88. The zero-order valence-corrected chi connectivity index (χ0v) is 6.30. The van der Waals surface area contributed by atoms with Crippen molar-refractivity contribution in [3.63, 3.8) is 0 Å². The highest BCUT2D eigenvalue weighted by Crippen LogP contribution is 2.29. The van der Waals surface area contributed by atoms with Gasteiger partial charge in [-0.2, -0.15) is 13.2 Å². The summed E-state index contributed by atoms with van der Waals surface area (Å²) >= 11 is 0. The van der Waals surface area contributed by atoms with Gasteiger partial charge in [-0.15, -0.1) is 0 Å².